The molecule has 0 fully saturated rings. The van der Waals surface area contributed by atoms with Gasteiger partial charge in [0.25, 0.3) is 0 Å². The van der Waals surface area contributed by atoms with E-state index in [9.17, 15) is 0 Å². The maximum absolute atomic E-state index is 2.49. The minimum Gasteiger partial charge on any atom is -0.311 e. The van der Waals surface area contributed by atoms with Crippen LogP contribution in [0, 0.1) is 0 Å². The number of anilines is 3. The van der Waals surface area contributed by atoms with Gasteiger partial charge in [-0.1, -0.05) is 194 Å². The maximum Gasteiger partial charge on any atom is 0.0462 e. The lowest BCUT2D eigenvalue weighted by Gasteiger charge is -2.28. The summed E-state index contributed by atoms with van der Waals surface area (Å²) in [4.78, 5) is 2.34. The average molecular weight is 802 g/mol. The van der Waals surface area contributed by atoms with Crippen molar-refractivity contribution in [2.24, 2.45) is 0 Å². The summed E-state index contributed by atoms with van der Waals surface area (Å²) in [7, 11) is 0. The first-order valence-corrected chi connectivity index (χ1v) is 22.0. The second-order valence-corrected chi connectivity index (χ2v) is 16.7. The van der Waals surface area contributed by atoms with Crippen LogP contribution in [0.15, 0.2) is 237 Å². The monoisotopic (exact) mass is 801 g/mol. The predicted octanol–water partition coefficient (Wildman–Crippen LogP) is 17.1. The smallest absolute Gasteiger partial charge is 0.0462 e. The molecule has 0 N–H and O–H groups in total. The van der Waals surface area contributed by atoms with E-state index in [0.717, 1.165) is 23.5 Å². The van der Waals surface area contributed by atoms with Gasteiger partial charge in [-0.25, -0.2) is 0 Å². The first-order chi connectivity index (χ1) is 31.3. The van der Waals surface area contributed by atoms with Gasteiger partial charge in [0, 0.05) is 23.0 Å². The second-order valence-electron chi connectivity index (χ2n) is 16.7. The summed E-state index contributed by atoms with van der Waals surface area (Å²) in [5.74, 6) is 0.212. The SMILES string of the molecule is C1=CC(c2cc3ccccc3c3ccccc23)Cc2c1c1c(-c3ccc(N(c4ccccc4)c4ccccc4)cc3)c(-c3ccccc3)cc(-c3ccccc3)c1c1ccccc21. The van der Waals surface area contributed by atoms with Crippen LogP contribution < -0.4 is 4.90 Å². The fourth-order valence-electron chi connectivity index (χ4n) is 10.4. The molecule has 0 radical (unpaired) electrons. The van der Waals surface area contributed by atoms with E-state index in [0.29, 0.717) is 0 Å². The number of hydrogen-bond donors (Lipinski definition) is 0. The van der Waals surface area contributed by atoms with Crippen LogP contribution in [0.25, 0.3) is 82.5 Å². The molecule has 63 heavy (non-hydrogen) atoms. The minimum atomic E-state index is 0.212. The van der Waals surface area contributed by atoms with Crippen LogP contribution in [0.5, 0.6) is 0 Å². The number of nitrogens with zero attached hydrogens (tertiary/aromatic N) is 1. The molecule has 0 bridgehead atoms. The lowest BCUT2D eigenvalue weighted by molar-refractivity contribution is 0.843. The Morgan fingerprint density at radius 2 is 0.873 bits per heavy atom. The summed E-state index contributed by atoms with van der Waals surface area (Å²) in [6.07, 6.45) is 5.87. The summed E-state index contributed by atoms with van der Waals surface area (Å²) in [6, 6.07) is 84.5. The molecule has 1 heteroatoms. The first kappa shape index (κ1) is 36.8. The third kappa shape index (κ3) is 6.32. The van der Waals surface area contributed by atoms with E-state index in [1.54, 1.807) is 0 Å². The Bertz CT molecular complexity index is 3460. The Labute approximate surface area is 368 Å². The van der Waals surface area contributed by atoms with E-state index in [1.807, 2.05) is 0 Å². The number of rotatable bonds is 7. The van der Waals surface area contributed by atoms with E-state index >= 15 is 0 Å². The van der Waals surface area contributed by atoms with Gasteiger partial charge < -0.3 is 4.90 Å². The summed E-state index contributed by atoms with van der Waals surface area (Å²) in [5, 5.41) is 10.5. The number of benzene rings is 11. The normalized spacial score (nSPS) is 13.4. The van der Waals surface area contributed by atoms with Crippen LogP contribution in [0.4, 0.5) is 17.1 Å². The van der Waals surface area contributed by atoms with Crippen LogP contribution in [-0.4, -0.2) is 0 Å². The van der Waals surface area contributed by atoms with E-state index in [4.69, 9.17) is 0 Å². The van der Waals surface area contributed by atoms with Crippen molar-refractivity contribution in [2.45, 2.75) is 12.3 Å². The van der Waals surface area contributed by atoms with Crippen LogP contribution in [0.1, 0.15) is 22.6 Å². The molecule has 0 spiro atoms. The predicted molar refractivity (Wildman–Crippen MR) is 269 cm³/mol. The van der Waals surface area contributed by atoms with Crippen molar-refractivity contribution in [1.29, 1.82) is 0 Å². The molecule has 0 aliphatic heterocycles. The molecule has 11 aromatic rings. The zero-order valence-electron chi connectivity index (χ0n) is 34.8. The first-order valence-electron chi connectivity index (χ1n) is 22.0. The number of hydrogen-bond acceptors (Lipinski definition) is 1. The third-order valence-corrected chi connectivity index (χ3v) is 13.2. The highest BCUT2D eigenvalue weighted by Gasteiger charge is 2.27. The molecule has 0 heterocycles. The zero-order chi connectivity index (χ0) is 41.7. The molecule has 1 unspecified atom stereocenters. The number of fused-ring (bicyclic) bond motifs is 9. The van der Waals surface area contributed by atoms with Gasteiger partial charge in [0.05, 0.1) is 0 Å². The zero-order valence-corrected chi connectivity index (χ0v) is 34.8. The van der Waals surface area contributed by atoms with Gasteiger partial charge in [-0.05, 0) is 148 Å². The number of para-hydroxylation sites is 2. The molecule has 1 nitrogen and oxygen atoms in total. The molecule has 0 saturated heterocycles. The Balaban J connectivity index is 1.14. The third-order valence-electron chi connectivity index (χ3n) is 13.2. The van der Waals surface area contributed by atoms with E-state index in [-0.39, 0.29) is 5.92 Å². The highest BCUT2D eigenvalue weighted by molar-refractivity contribution is 6.24. The molecule has 0 amide bonds. The van der Waals surface area contributed by atoms with E-state index in [2.05, 4.69) is 248 Å². The largest absolute Gasteiger partial charge is 0.311 e. The van der Waals surface area contributed by atoms with Gasteiger partial charge in [-0.3, -0.25) is 0 Å². The lowest BCUT2D eigenvalue weighted by atomic mass is 9.75. The van der Waals surface area contributed by atoms with Gasteiger partial charge >= 0.3 is 0 Å². The lowest BCUT2D eigenvalue weighted by Crippen LogP contribution is -2.10. The molecule has 296 valence electrons. The highest BCUT2D eigenvalue weighted by atomic mass is 15.1. The van der Waals surface area contributed by atoms with E-state index in [1.165, 1.54) is 93.2 Å². The van der Waals surface area contributed by atoms with Crippen molar-refractivity contribution < 1.29 is 0 Å². The van der Waals surface area contributed by atoms with Gasteiger partial charge in [0.1, 0.15) is 0 Å². The van der Waals surface area contributed by atoms with Crippen LogP contribution in [0.2, 0.25) is 0 Å². The van der Waals surface area contributed by atoms with Crippen molar-refractivity contribution in [3.05, 3.63) is 253 Å². The van der Waals surface area contributed by atoms with Gasteiger partial charge in [-0.2, -0.15) is 0 Å². The van der Waals surface area contributed by atoms with Crippen molar-refractivity contribution >= 4 is 66.2 Å². The van der Waals surface area contributed by atoms with Crippen LogP contribution in [0.3, 0.4) is 0 Å². The van der Waals surface area contributed by atoms with Gasteiger partial charge in [0.15, 0.2) is 0 Å². The molecule has 1 aliphatic rings. The van der Waals surface area contributed by atoms with Gasteiger partial charge in [0.2, 0.25) is 0 Å². The summed E-state index contributed by atoms with van der Waals surface area (Å²) < 4.78 is 0. The summed E-state index contributed by atoms with van der Waals surface area (Å²) >= 11 is 0. The summed E-state index contributed by atoms with van der Waals surface area (Å²) in [5.41, 5.74) is 14.8. The van der Waals surface area contributed by atoms with Crippen LogP contribution in [-0.2, 0) is 6.42 Å². The fraction of sp³-hybridized carbons (Fsp3) is 0.0323. The Hall–Kier alpha value is -8.00. The highest BCUT2D eigenvalue weighted by Crippen LogP contribution is 2.51. The standard InChI is InChI=1S/C62H43N/c1-5-19-42(20-6-1)57-41-58(43-21-7-2-8-22-43)61-54-32-18-17-31-53(54)59-40-46(56-39-45-23-13-14-28-50(45)51-29-15-16-30-52(51)56)35-38-55(59)62(61)60(57)44-33-36-49(37-34-44)63(47-24-9-3-10-25-47)48-26-11-4-12-27-48/h1-39,41,46H,40H2. The van der Waals surface area contributed by atoms with Gasteiger partial charge in [-0.15, -0.1) is 0 Å². The topological polar surface area (TPSA) is 3.24 Å². The Morgan fingerprint density at radius 1 is 0.365 bits per heavy atom. The molecular weight excluding hydrogens is 759 g/mol. The van der Waals surface area contributed by atoms with Crippen molar-refractivity contribution in [2.75, 3.05) is 4.90 Å². The van der Waals surface area contributed by atoms with Crippen LogP contribution >= 0.6 is 0 Å². The van der Waals surface area contributed by atoms with Crippen molar-refractivity contribution in [1.82, 2.24) is 0 Å². The quantitative estimate of drug-likeness (QED) is 0.145. The molecule has 0 saturated carbocycles. The Morgan fingerprint density at radius 3 is 1.52 bits per heavy atom. The maximum atomic E-state index is 2.49. The molecule has 11 aromatic carbocycles. The van der Waals surface area contributed by atoms with E-state index < -0.39 is 0 Å². The number of allylic oxidation sites excluding steroid dienone is 1. The fourth-order valence-corrected chi connectivity index (χ4v) is 10.4. The molecule has 1 atom stereocenters. The minimum absolute atomic E-state index is 0.212. The Kier molecular flexibility index (Phi) is 9.04. The van der Waals surface area contributed by atoms with Crippen molar-refractivity contribution in [3.63, 3.8) is 0 Å². The van der Waals surface area contributed by atoms with Crippen molar-refractivity contribution in [3.8, 4) is 33.4 Å². The average Bonchev–Trinajstić information content (AvgIpc) is 3.37. The second kappa shape index (κ2) is 15.5. The molecule has 0 aromatic heterocycles. The molecule has 1 aliphatic carbocycles. The molecular formula is C62H43N. The summed E-state index contributed by atoms with van der Waals surface area (Å²) in [6.45, 7) is 0. The molecule has 12 rings (SSSR count).